The second-order valence-corrected chi connectivity index (χ2v) is 5.57. The van der Waals surface area contributed by atoms with Crippen LogP contribution in [0.15, 0.2) is 0 Å². The minimum Gasteiger partial charge on any atom is -0.281 e. The number of hydrogen-bond donors (Lipinski definition) is 1. The molecule has 1 atom stereocenters. The second-order valence-electron chi connectivity index (χ2n) is 4.07. The van der Waals surface area contributed by atoms with E-state index < -0.39 is 40.6 Å². The lowest BCUT2D eigenvalue weighted by molar-refractivity contribution is -0.135. The van der Waals surface area contributed by atoms with Crippen molar-refractivity contribution in [3.8, 4) is 0 Å². The third-order valence-corrected chi connectivity index (χ3v) is 3.32. The predicted molar refractivity (Wildman–Crippen MR) is 55.1 cm³/mol. The molecule has 0 aliphatic rings. The SMILES string of the molecule is O=S(=O)(O)C(F)(F)C(F)CCCCCCC(F)(F)F. The molecule has 1 unspecified atom stereocenters. The maximum Gasteiger partial charge on any atom is 0.400 e. The van der Waals surface area contributed by atoms with Crippen LogP contribution in [0.4, 0.5) is 26.3 Å². The van der Waals surface area contributed by atoms with E-state index in [4.69, 9.17) is 4.55 Å². The van der Waals surface area contributed by atoms with Crippen LogP contribution in [0.1, 0.15) is 38.5 Å². The summed E-state index contributed by atoms with van der Waals surface area (Å²) in [4.78, 5) is 0. The summed E-state index contributed by atoms with van der Waals surface area (Å²) < 4.78 is 102. The lowest BCUT2D eigenvalue weighted by atomic mass is 10.1. The molecule has 0 heterocycles. The summed E-state index contributed by atoms with van der Waals surface area (Å²) in [5.74, 6) is 0. The Hall–Kier alpha value is -0.510. The van der Waals surface area contributed by atoms with Gasteiger partial charge in [0.15, 0.2) is 6.17 Å². The summed E-state index contributed by atoms with van der Waals surface area (Å²) in [6, 6.07) is 0. The van der Waals surface area contributed by atoms with Gasteiger partial charge in [-0.2, -0.15) is 30.4 Å². The fourth-order valence-corrected chi connectivity index (χ4v) is 1.77. The van der Waals surface area contributed by atoms with E-state index in [1.54, 1.807) is 0 Å². The van der Waals surface area contributed by atoms with Crippen LogP contribution < -0.4 is 0 Å². The minimum absolute atomic E-state index is 0.0675. The molecule has 116 valence electrons. The molecule has 3 nitrogen and oxygen atoms in total. The molecule has 0 radical (unpaired) electrons. The van der Waals surface area contributed by atoms with Gasteiger partial charge in [0, 0.05) is 6.42 Å². The van der Waals surface area contributed by atoms with E-state index >= 15 is 0 Å². The Bertz CT molecular complexity index is 365. The Labute approximate surface area is 106 Å². The standard InChI is InChI=1S/C9H14F6O3S/c10-7(9(14,15)19(16,17)18)5-3-1-2-4-6-8(11,12)13/h7H,1-6H2,(H,16,17,18). The third-order valence-electron chi connectivity index (χ3n) is 2.38. The van der Waals surface area contributed by atoms with Crippen molar-refractivity contribution in [3.63, 3.8) is 0 Å². The fourth-order valence-electron chi connectivity index (χ4n) is 1.33. The van der Waals surface area contributed by atoms with Crippen molar-refractivity contribution in [1.82, 2.24) is 0 Å². The lowest BCUT2D eigenvalue weighted by Gasteiger charge is -2.17. The van der Waals surface area contributed by atoms with Crippen LogP contribution in [0.3, 0.4) is 0 Å². The van der Waals surface area contributed by atoms with Gasteiger partial charge in [-0.1, -0.05) is 19.3 Å². The monoisotopic (exact) mass is 316 g/mol. The quantitative estimate of drug-likeness (QED) is 0.422. The summed E-state index contributed by atoms with van der Waals surface area (Å²) >= 11 is 0. The average molecular weight is 316 g/mol. The molecule has 0 bridgehead atoms. The van der Waals surface area contributed by atoms with Gasteiger partial charge in [0.25, 0.3) is 0 Å². The maximum absolute atomic E-state index is 12.9. The topological polar surface area (TPSA) is 54.4 Å². The van der Waals surface area contributed by atoms with E-state index in [9.17, 15) is 34.8 Å². The highest BCUT2D eigenvalue weighted by Gasteiger charge is 2.52. The Morgan fingerprint density at radius 2 is 1.42 bits per heavy atom. The normalized spacial score (nSPS) is 15.5. The highest BCUT2D eigenvalue weighted by molar-refractivity contribution is 7.86. The van der Waals surface area contributed by atoms with Gasteiger partial charge in [0.05, 0.1) is 0 Å². The molecule has 0 saturated heterocycles. The molecule has 0 saturated carbocycles. The molecule has 0 aliphatic carbocycles. The Kier molecular flexibility index (Phi) is 6.60. The van der Waals surface area contributed by atoms with E-state index in [1.165, 1.54) is 0 Å². The van der Waals surface area contributed by atoms with Crippen molar-refractivity contribution in [2.45, 2.75) is 56.1 Å². The highest BCUT2D eigenvalue weighted by atomic mass is 32.2. The van der Waals surface area contributed by atoms with E-state index in [2.05, 4.69) is 0 Å². The van der Waals surface area contributed by atoms with Gasteiger partial charge in [0.1, 0.15) is 0 Å². The van der Waals surface area contributed by atoms with Crippen molar-refractivity contribution in [3.05, 3.63) is 0 Å². The Morgan fingerprint density at radius 3 is 1.84 bits per heavy atom. The van der Waals surface area contributed by atoms with Crippen LogP contribution >= 0.6 is 0 Å². The zero-order valence-corrected chi connectivity index (χ0v) is 10.6. The van der Waals surface area contributed by atoms with Gasteiger partial charge in [0.2, 0.25) is 0 Å². The molecule has 0 spiro atoms. The van der Waals surface area contributed by atoms with Crippen LogP contribution in [0.5, 0.6) is 0 Å². The van der Waals surface area contributed by atoms with E-state index in [1.807, 2.05) is 0 Å². The number of unbranched alkanes of at least 4 members (excludes halogenated alkanes) is 3. The fraction of sp³-hybridized carbons (Fsp3) is 1.00. The first kappa shape index (κ1) is 18.5. The van der Waals surface area contributed by atoms with Gasteiger partial charge < -0.3 is 0 Å². The second kappa shape index (κ2) is 6.78. The molecule has 1 N–H and O–H groups in total. The Morgan fingerprint density at radius 1 is 0.947 bits per heavy atom. The van der Waals surface area contributed by atoms with Gasteiger partial charge in [-0.3, -0.25) is 4.55 Å². The smallest absolute Gasteiger partial charge is 0.281 e. The van der Waals surface area contributed by atoms with Crippen LogP contribution in [-0.4, -0.2) is 30.6 Å². The summed E-state index contributed by atoms with van der Waals surface area (Å²) in [7, 11) is -5.83. The predicted octanol–water partition coefficient (Wildman–Crippen LogP) is 3.71. The van der Waals surface area contributed by atoms with Crippen molar-refractivity contribution < 1.29 is 39.3 Å². The Balaban J connectivity index is 3.91. The first-order valence-electron chi connectivity index (χ1n) is 5.43. The van der Waals surface area contributed by atoms with E-state index in [0.717, 1.165) is 0 Å². The third kappa shape index (κ3) is 7.00. The zero-order chi connectivity index (χ0) is 15.3. The molecule has 19 heavy (non-hydrogen) atoms. The molecular weight excluding hydrogens is 302 g/mol. The van der Waals surface area contributed by atoms with Crippen LogP contribution in [-0.2, 0) is 10.1 Å². The van der Waals surface area contributed by atoms with Gasteiger partial charge >= 0.3 is 21.5 Å². The molecular formula is C9H14F6O3S. The van der Waals surface area contributed by atoms with Crippen molar-refractivity contribution >= 4 is 10.1 Å². The average Bonchev–Trinajstić information content (AvgIpc) is 2.19. The van der Waals surface area contributed by atoms with E-state index in [0.29, 0.717) is 0 Å². The highest BCUT2D eigenvalue weighted by Crippen LogP contribution is 2.31. The number of hydrogen-bond acceptors (Lipinski definition) is 2. The summed E-state index contributed by atoms with van der Waals surface area (Å²) in [6.45, 7) is 0. The molecule has 0 aromatic heterocycles. The molecule has 10 heteroatoms. The molecule has 0 rings (SSSR count). The molecule has 0 aliphatic heterocycles. The maximum atomic E-state index is 12.9. The van der Waals surface area contributed by atoms with Crippen LogP contribution in [0.25, 0.3) is 0 Å². The molecule has 0 aromatic carbocycles. The van der Waals surface area contributed by atoms with Gasteiger partial charge in [-0.25, -0.2) is 4.39 Å². The summed E-state index contributed by atoms with van der Waals surface area (Å²) in [5.41, 5.74) is 0. The molecule has 0 aromatic rings. The largest absolute Gasteiger partial charge is 0.400 e. The summed E-state index contributed by atoms with van der Waals surface area (Å²) in [6.07, 6.45) is -9.47. The number of halogens is 6. The van der Waals surface area contributed by atoms with Crippen molar-refractivity contribution in [2.24, 2.45) is 0 Å². The zero-order valence-electron chi connectivity index (χ0n) is 9.76. The molecule has 0 fully saturated rings. The summed E-state index contributed by atoms with van der Waals surface area (Å²) in [5, 5.41) is -4.89. The van der Waals surface area contributed by atoms with Crippen LogP contribution in [0.2, 0.25) is 0 Å². The van der Waals surface area contributed by atoms with E-state index in [-0.39, 0.29) is 25.7 Å². The van der Waals surface area contributed by atoms with Gasteiger partial charge in [-0.05, 0) is 12.8 Å². The first-order valence-corrected chi connectivity index (χ1v) is 6.87. The van der Waals surface area contributed by atoms with Crippen molar-refractivity contribution in [2.75, 3.05) is 0 Å². The first-order chi connectivity index (χ1) is 8.38. The van der Waals surface area contributed by atoms with Crippen LogP contribution in [0, 0.1) is 0 Å². The van der Waals surface area contributed by atoms with Crippen molar-refractivity contribution in [1.29, 1.82) is 0 Å². The van der Waals surface area contributed by atoms with Gasteiger partial charge in [-0.15, -0.1) is 0 Å². The number of rotatable bonds is 8. The minimum atomic E-state index is -5.83. The lowest BCUT2D eigenvalue weighted by Crippen LogP contribution is -2.38. The number of alkyl halides is 6. The molecule has 0 amide bonds.